The van der Waals surface area contributed by atoms with Crippen LogP contribution < -0.4 is 10.6 Å². The van der Waals surface area contributed by atoms with Crippen molar-refractivity contribution < 1.29 is 4.79 Å². The van der Waals surface area contributed by atoms with Crippen molar-refractivity contribution in [3.63, 3.8) is 0 Å². The molecule has 0 saturated heterocycles. The zero-order valence-corrected chi connectivity index (χ0v) is 14.3. The second kappa shape index (κ2) is 8.59. The number of aryl methyl sites for hydroxylation is 1. The quantitative estimate of drug-likeness (QED) is 0.785. The van der Waals surface area contributed by atoms with E-state index < -0.39 is 0 Å². The van der Waals surface area contributed by atoms with Crippen LogP contribution in [0.15, 0.2) is 53.0 Å². The van der Waals surface area contributed by atoms with Crippen molar-refractivity contribution in [3.05, 3.63) is 64.1 Å². The van der Waals surface area contributed by atoms with Gasteiger partial charge in [-0.15, -0.1) is 0 Å². The summed E-state index contributed by atoms with van der Waals surface area (Å²) < 4.78 is 1.06. The summed E-state index contributed by atoms with van der Waals surface area (Å²) in [6.07, 6.45) is 1.34. The van der Waals surface area contributed by atoms with E-state index in [1.807, 2.05) is 37.3 Å². The van der Waals surface area contributed by atoms with Crippen molar-refractivity contribution in [3.8, 4) is 0 Å². The Balaban J connectivity index is 1.65. The molecule has 3 nitrogen and oxygen atoms in total. The van der Waals surface area contributed by atoms with E-state index >= 15 is 0 Å². The summed E-state index contributed by atoms with van der Waals surface area (Å²) in [6.45, 7) is 3.37. The molecule has 0 bridgehead atoms. The molecule has 0 spiro atoms. The van der Waals surface area contributed by atoms with Crippen LogP contribution in [0.2, 0.25) is 0 Å². The lowest BCUT2D eigenvalue weighted by atomic mass is 10.1. The molecule has 0 aliphatic carbocycles. The van der Waals surface area contributed by atoms with Crippen molar-refractivity contribution in [1.82, 2.24) is 5.32 Å². The minimum Gasteiger partial charge on any atom is -0.384 e. The predicted molar refractivity (Wildman–Crippen MR) is 95.1 cm³/mol. The van der Waals surface area contributed by atoms with Crippen LogP contribution in [0.1, 0.15) is 17.5 Å². The van der Waals surface area contributed by atoms with Gasteiger partial charge in [0.05, 0.1) is 0 Å². The fourth-order valence-corrected chi connectivity index (χ4v) is 2.69. The van der Waals surface area contributed by atoms with Gasteiger partial charge in [-0.25, -0.2) is 0 Å². The molecule has 2 aromatic carbocycles. The van der Waals surface area contributed by atoms with Gasteiger partial charge in [-0.05, 0) is 42.7 Å². The number of hydrogen-bond donors (Lipinski definition) is 2. The van der Waals surface area contributed by atoms with E-state index in [2.05, 4.69) is 44.8 Å². The van der Waals surface area contributed by atoms with E-state index in [1.54, 1.807) is 0 Å². The number of carbonyl (C=O) groups is 1. The van der Waals surface area contributed by atoms with Crippen LogP contribution in [0.25, 0.3) is 0 Å². The van der Waals surface area contributed by atoms with Gasteiger partial charge in [-0.2, -0.15) is 0 Å². The smallest absolute Gasteiger partial charge is 0.221 e. The van der Waals surface area contributed by atoms with Gasteiger partial charge < -0.3 is 10.6 Å². The lowest BCUT2D eigenvalue weighted by molar-refractivity contribution is -0.120. The van der Waals surface area contributed by atoms with Crippen LogP contribution >= 0.6 is 15.9 Å². The first-order valence-corrected chi connectivity index (χ1v) is 8.25. The van der Waals surface area contributed by atoms with Gasteiger partial charge in [-0.3, -0.25) is 4.79 Å². The summed E-state index contributed by atoms with van der Waals surface area (Å²) in [6, 6.07) is 16.2. The molecule has 0 atom stereocenters. The van der Waals surface area contributed by atoms with E-state index in [1.165, 1.54) is 11.1 Å². The predicted octanol–water partition coefficient (Wildman–Crippen LogP) is 3.92. The Morgan fingerprint density at radius 1 is 1.09 bits per heavy atom. The summed E-state index contributed by atoms with van der Waals surface area (Å²) >= 11 is 3.44. The average molecular weight is 361 g/mol. The van der Waals surface area contributed by atoms with Crippen LogP contribution in [0.3, 0.4) is 0 Å². The Morgan fingerprint density at radius 3 is 2.59 bits per heavy atom. The number of anilines is 1. The average Bonchev–Trinajstić information content (AvgIpc) is 2.50. The zero-order valence-electron chi connectivity index (χ0n) is 12.7. The molecular weight excluding hydrogens is 340 g/mol. The number of rotatable bonds is 7. The van der Waals surface area contributed by atoms with Gasteiger partial charge in [0.1, 0.15) is 0 Å². The third kappa shape index (κ3) is 5.53. The number of benzene rings is 2. The first-order valence-electron chi connectivity index (χ1n) is 7.46. The van der Waals surface area contributed by atoms with Crippen LogP contribution in [0, 0.1) is 6.92 Å². The normalized spacial score (nSPS) is 10.3. The molecule has 0 unspecified atom stereocenters. The molecule has 0 aliphatic heterocycles. The van der Waals surface area contributed by atoms with Gasteiger partial charge in [0, 0.05) is 29.7 Å². The highest BCUT2D eigenvalue weighted by Crippen LogP contribution is 2.19. The van der Waals surface area contributed by atoms with Crippen molar-refractivity contribution in [2.24, 2.45) is 0 Å². The molecule has 0 aromatic heterocycles. The Morgan fingerprint density at radius 2 is 1.86 bits per heavy atom. The molecule has 2 N–H and O–H groups in total. The number of halogens is 1. The number of carbonyl (C=O) groups excluding carboxylic acids is 1. The maximum Gasteiger partial charge on any atom is 0.221 e. The Kier molecular flexibility index (Phi) is 6.46. The molecule has 1 amide bonds. The van der Waals surface area contributed by atoms with Crippen LogP contribution in [0.4, 0.5) is 5.69 Å². The molecule has 116 valence electrons. The third-order valence-corrected chi connectivity index (χ3v) is 3.93. The van der Waals surface area contributed by atoms with Crippen molar-refractivity contribution in [2.45, 2.75) is 19.8 Å². The highest BCUT2D eigenvalue weighted by Gasteiger charge is 2.02. The minimum atomic E-state index is 0.0817. The molecule has 0 fully saturated rings. The van der Waals surface area contributed by atoms with Crippen LogP contribution in [0.5, 0.6) is 0 Å². The fourth-order valence-electron chi connectivity index (χ4n) is 2.22. The van der Waals surface area contributed by atoms with Gasteiger partial charge >= 0.3 is 0 Å². The number of nitrogens with one attached hydrogen (secondary N) is 2. The SMILES string of the molecule is Cc1cc(Br)ccc1NCCC(=O)NCCc1ccccc1. The van der Waals surface area contributed by atoms with Crippen LogP contribution in [-0.2, 0) is 11.2 Å². The Hall–Kier alpha value is -1.81. The molecule has 0 radical (unpaired) electrons. The first-order chi connectivity index (χ1) is 10.6. The van der Waals surface area contributed by atoms with Gasteiger partial charge in [-0.1, -0.05) is 46.3 Å². The summed E-state index contributed by atoms with van der Waals surface area (Å²) in [5.74, 6) is 0.0817. The molecule has 4 heteroatoms. The van der Waals surface area contributed by atoms with E-state index in [9.17, 15) is 4.79 Å². The lowest BCUT2D eigenvalue weighted by Crippen LogP contribution is -2.27. The standard InChI is InChI=1S/C18H21BrN2O/c1-14-13-16(19)7-8-17(14)20-12-10-18(22)21-11-9-15-5-3-2-4-6-15/h2-8,13,20H,9-12H2,1H3,(H,21,22). The van der Waals surface area contributed by atoms with Crippen molar-refractivity contribution >= 4 is 27.5 Å². The third-order valence-electron chi connectivity index (χ3n) is 3.43. The van der Waals surface area contributed by atoms with E-state index in [4.69, 9.17) is 0 Å². The van der Waals surface area contributed by atoms with Gasteiger partial charge in [0.2, 0.25) is 5.91 Å². The maximum absolute atomic E-state index is 11.8. The monoisotopic (exact) mass is 360 g/mol. The molecular formula is C18H21BrN2O. The second-order valence-electron chi connectivity index (χ2n) is 5.22. The highest BCUT2D eigenvalue weighted by molar-refractivity contribution is 9.10. The largest absolute Gasteiger partial charge is 0.384 e. The summed E-state index contributed by atoms with van der Waals surface area (Å²) in [5.41, 5.74) is 3.48. The minimum absolute atomic E-state index is 0.0817. The zero-order chi connectivity index (χ0) is 15.8. The molecule has 0 heterocycles. The molecule has 0 aliphatic rings. The van der Waals surface area contributed by atoms with Crippen molar-refractivity contribution in [2.75, 3.05) is 18.4 Å². The fraction of sp³-hybridized carbons (Fsp3) is 0.278. The summed E-state index contributed by atoms with van der Waals surface area (Å²) in [5, 5.41) is 6.25. The second-order valence-corrected chi connectivity index (χ2v) is 6.14. The lowest BCUT2D eigenvalue weighted by Gasteiger charge is -2.10. The molecule has 2 aromatic rings. The molecule has 22 heavy (non-hydrogen) atoms. The summed E-state index contributed by atoms with van der Waals surface area (Å²) in [4.78, 5) is 11.8. The Labute approximate surface area is 140 Å². The topological polar surface area (TPSA) is 41.1 Å². The maximum atomic E-state index is 11.8. The van der Waals surface area contributed by atoms with Crippen molar-refractivity contribution in [1.29, 1.82) is 0 Å². The van der Waals surface area contributed by atoms with E-state index in [0.29, 0.717) is 19.5 Å². The highest BCUT2D eigenvalue weighted by atomic mass is 79.9. The number of hydrogen-bond acceptors (Lipinski definition) is 2. The van der Waals surface area contributed by atoms with E-state index in [-0.39, 0.29) is 5.91 Å². The van der Waals surface area contributed by atoms with Gasteiger partial charge in [0.25, 0.3) is 0 Å². The van der Waals surface area contributed by atoms with Gasteiger partial charge in [0.15, 0.2) is 0 Å². The molecule has 2 rings (SSSR count). The molecule has 0 saturated carbocycles. The first kappa shape index (κ1) is 16.6. The summed E-state index contributed by atoms with van der Waals surface area (Å²) in [7, 11) is 0. The number of amides is 1. The Bertz CT molecular complexity index is 614. The van der Waals surface area contributed by atoms with E-state index in [0.717, 1.165) is 16.6 Å². The van der Waals surface area contributed by atoms with Crippen LogP contribution in [-0.4, -0.2) is 19.0 Å².